The summed E-state index contributed by atoms with van der Waals surface area (Å²) < 4.78 is 1.21. The lowest BCUT2D eigenvalue weighted by Gasteiger charge is -2.54. The highest BCUT2D eigenvalue weighted by atomic mass is 32.1. The predicted octanol–water partition coefficient (Wildman–Crippen LogP) is 4.33. The monoisotopic (exact) mass is 340 g/mol. The second-order valence-electron chi connectivity index (χ2n) is 8.23. The molecule has 1 aromatic heterocycles. The molecule has 0 radical (unpaired) electrons. The number of carbonyl (C=O) groups is 1. The van der Waals surface area contributed by atoms with Gasteiger partial charge >= 0.3 is 0 Å². The van der Waals surface area contributed by atoms with Crippen LogP contribution < -0.4 is 0 Å². The van der Waals surface area contributed by atoms with Crippen LogP contribution in [0.1, 0.15) is 37.1 Å². The van der Waals surface area contributed by atoms with Crippen molar-refractivity contribution in [2.24, 2.45) is 29.6 Å². The number of amides is 1. The van der Waals surface area contributed by atoms with E-state index in [-0.39, 0.29) is 5.92 Å². The van der Waals surface area contributed by atoms with E-state index in [4.69, 9.17) is 4.98 Å². The summed E-state index contributed by atoms with van der Waals surface area (Å²) in [5, 5.41) is 1.05. The SMILES string of the molecule is CN(Cc1nc2ccccc2s1)C(=O)C1C2CC3CC(C2)CC1C3. The zero-order valence-electron chi connectivity index (χ0n) is 14.1. The van der Waals surface area contributed by atoms with Gasteiger partial charge in [-0.3, -0.25) is 4.79 Å². The van der Waals surface area contributed by atoms with Gasteiger partial charge in [-0.1, -0.05) is 12.1 Å². The van der Waals surface area contributed by atoms with Crippen molar-refractivity contribution in [1.29, 1.82) is 0 Å². The molecule has 24 heavy (non-hydrogen) atoms. The molecule has 1 amide bonds. The van der Waals surface area contributed by atoms with Gasteiger partial charge in [0.2, 0.25) is 5.91 Å². The van der Waals surface area contributed by atoms with Crippen molar-refractivity contribution in [3.8, 4) is 0 Å². The van der Waals surface area contributed by atoms with Crippen LogP contribution in [0, 0.1) is 29.6 Å². The molecule has 4 aliphatic carbocycles. The topological polar surface area (TPSA) is 33.2 Å². The Bertz CT molecular complexity index is 722. The first kappa shape index (κ1) is 14.9. The molecule has 4 fully saturated rings. The molecular formula is C20H24N2OS. The molecule has 4 heteroatoms. The van der Waals surface area contributed by atoms with Gasteiger partial charge in [0.25, 0.3) is 0 Å². The van der Waals surface area contributed by atoms with E-state index >= 15 is 0 Å². The van der Waals surface area contributed by atoms with E-state index < -0.39 is 0 Å². The van der Waals surface area contributed by atoms with Crippen molar-refractivity contribution in [3.05, 3.63) is 29.3 Å². The Labute approximate surface area is 147 Å². The van der Waals surface area contributed by atoms with Crippen molar-refractivity contribution in [3.63, 3.8) is 0 Å². The third-order valence-corrected chi connectivity index (χ3v) is 7.62. The minimum absolute atomic E-state index is 0.289. The summed E-state index contributed by atoms with van der Waals surface area (Å²) in [6, 6.07) is 8.23. The molecule has 126 valence electrons. The third-order valence-electron chi connectivity index (χ3n) is 6.60. The van der Waals surface area contributed by atoms with E-state index in [1.54, 1.807) is 11.3 Å². The molecule has 0 unspecified atom stereocenters. The Balaban J connectivity index is 1.33. The van der Waals surface area contributed by atoms with Crippen LogP contribution >= 0.6 is 11.3 Å². The lowest BCUT2D eigenvalue weighted by Crippen LogP contribution is -2.51. The Morgan fingerprint density at radius 3 is 2.46 bits per heavy atom. The van der Waals surface area contributed by atoms with Crippen LogP contribution in [0.5, 0.6) is 0 Å². The van der Waals surface area contributed by atoms with Crippen LogP contribution in [0.15, 0.2) is 24.3 Å². The highest BCUT2D eigenvalue weighted by Gasteiger charge is 2.51. The summed E-state index contributed by atoms with van der Waals surface area (Å²) in [6.45, 7) is 0.654. The van der Waals surface area contributed by atoms with Gasteiger partial charge in [-0.15, -0.1) is 11.3 Å². The van der Waals surface area contributed by atoms with Gasteiger partial charge in [0.15, 0.2) is 0 Å². The molecule has 3 nitrogen and oxygen atoms in total. The fraction of sp³-hybridized carbons (Fsp3) is 0.600. The second kappa shape index (κ2) is 5.55. The first-order valence-corrected chi connectivity index (χ1v) is 10.1. The molecule has 1 aromatic carbocycles. The third kappa shape index (κ3) is 2.38. The first-order chi connectivity index (χ1) is 11.7. The minimum atomic E-state index is 0.289. The maximum atomic E-state index is 13.2. The fourth-order valence-corrected chi connectivity index (χ4v) is 6.87. The number of hydrogen-bond acceptors (Lipinski definition) is 3. The van der Waals surface area contributed by atoms with Crippen molar-refractivity contribution >= 4 is 27.5 Å². The molecule has 0 spiro atoms. The fourth-order valence-electron chi connectivity index (χ4n) is 5.85. The number of rotatable bonds is 3. The zero-order chi connectivity index (χ0) is 16.3. The number of fused-ring (bicyclic) bond motifs is 1. The predicted molar refractivity (Wildman–Crippen MR) is 96.6 cm³/mol. The highest BCUT2D eigenvalue weighted by Crippen LogP contribution is 2.56. The van der Waals surface area contributed by atoms with Crippen LogP contribution in [0.3, 0.4) is 0 Å². The largest absolute Gasteiger partial charge is 0.339 e. The van der Waals surface area contributed by atoms with E-state index in [9.17, 15) is 4.79 Å². The quantitative estimate of drug-likeness (QED) is 0.833. The van der Waals surface area contributed by atoms with Gasteiger partial charge < -0.3 is 4.90 Å². The van der Waals surface area contributed by atoms with E-state index in [2.05, 4.69) is 12.1 Å². The maximum Gasteiger partial charge on any atom is 0.226 e. The van der Waals surface area contributed by atoms with E-state index in [0.29, 0.717) is 24.3 Å². The van der Waals surface area contributed by atoms with Gasteiger partial charge in [0.05, 0.1) is 16.8 Å². The summed E-state index contributed by atoms with van der Waals surface area (Å²) >= 11 is 1.71. The molecule has 2 aromatic rings. The minimum Gasteiger partial charge on any atom is -0.339 e. The number of para-hydroxylation sites is 1. The summed E-state index contributed by atoms with van der Waals surface area (Å²) in [5.74, 6) is 3.83. The number of thiazole rings is 1. The molecule has 4 saturated carbocycles. The average molecular weight is 340 g/mol. The summed E-state index contributed by atoms with van der Waals surface area (Å²) in [7, 11) is 1.97. The molecule has 0 atom stereocenters. The smallest absolute Gasteiger partial charge is 0.226 e. The van der Waals surface area contributed by atoms with Crippen LogP contribution in [-0.2, 0) is 11.3 Å². The Morgan fingerprint density at radius 2 is 1.79 bits per heavy atom. The van der Waals surface area contributed by atoms with Gasteiger partial charge in [-0.05, 0) is 67.9 Å². The standard InChI is InChI=1S/C20H24N2OS/c1-22(11-18-21-16-4-2-3-5-17(16)24-18)20(23)19-14-7-12-6-13(9-14)10-15(19)8-12/h2-5,12-15,19H,6-11H2,1H3. The van der Waals surface area contributed by atoms with Gasteiger partial charge in [0, 0.05) is 13.0 Å². The summed E-state index contributed by atoms with van der Waals surface area (Å²) in [6.07, 6.45) is 6.66. The van der Waals surface area contributed by atoms with Crippen molar-refractivity contribution in [2.75, 3.05) is 7.05 Å². The normalized spacial score (nSPS) is 34.0. The number of aromatic nitrogens is 1. The maximum absolute atomic E-state index is 13.2. The molecule has 0 N–H and O–H groups in total. The van der Waals surface area contributed by atoms with E-state index in [1.807, 2.05) is 24.1 Å². The number of benzene rings is 1. The summed E-state index contributed by atoms with van der Waals surface area (Å²) in [5.41, 5.74) is 1.05. The number of hydrogen-bond donors (Lipinski definition) is 0. The molecule has 0 aliphatic heterocycles. The molecule has 6 rings (SSSR count). The van der Waals surface area contributed by atoms with Crippen molar-refractivity contribution in [1.82, 2.24) is 9.88 Å². The van der Waals surface area contributed by atoms with E-state index in [0.717, 1.165) is 22.4 Å². The Hall–Kier alpha value is -1.42. The zero-order valence-corrected chi connectivity index (χ0v) is 15.0. The molecule has 1 heterocycles. The van der Waals surface area contributed by atoms with Crippen LogP contribution in [0.4, 0.5) is 0 Å². The lowest BCUT2D eigenvalue weighted by molar-refractivity contribution is -0.148. The Kier molecular flexibility index (Phi) is 3.44. The van der Waals surface area contributed by atoms with Crippen LogP contribution in [-0.4, -0.2) is 22.8 Å². The van der Waals surface area contributed by atoms with Crippen molar-refractivity contribution < 1.29 is 4.79 Å². The Morgan fingerprint density at radius 1 is 1.12 bits per heavy atom. The second-order valence-corrected chi connectivity index (χ2v) is 9.34. The number of nitrogens with zero attached hydrogens (tertiary/aromatic N) is 2. The van der Waals surface area contributed by atoms with Gasteiger partial charge in [0.1, 0.15) is 5.01 Å². The molecule has 0 saturated heterocycles. The summed E-state index contributed by atoms with van der Waals surface area (Å²) in [4.78, 5) is 19.8. The van der Waals surface area contributed by atoms with Gasteiger partial charge in [-0.2, -0.15) is 0 Å². The van der Waals surface area contributed by atoms with E-state index in [1.165, 1.54) is 36.8 Å². The molecule has 4 bridgehead atoms. The highest BCUT2D eigenvalue weighted by molar-refractivity contribution is 7.18. The number of carbonyl (C=O) groups excluding carboxylic acids is 1. The molecular weight excluding hydrogens is 316 g/mol. The first-order valence-electron chi connectivity index (χ1n) is 9.27. The van der Waals surface area contributed by atoms with Crippen LogP contribution in [0.2, 0.25) is 0 Å². The van der Waals surface area contributed by atoms with Crippen LogP contribution in [0.25, 0.3) is 10.2 Å². The van der Waals surface area contributed by atoms with Gasteiger partial charge in [-0.25, -0.2) is 4.98 Å². The average Bonchev–Trinajstić information content (AvgIpc) is 2.95. The molecule has 4 aliphatic rings. The lowest BCUT2D eigenvalue weighted by atomic mass is 9.51. The van der Waals surface area contributed by atoms with Crippen molar-refractivity contribution in [2.45, 2.75) is 38.6 Å².